The normalized spacial score (nSPS) is 11.8. The highest BCUT2D eigenvalue weighted by atomic mass is 16.7. The van der Waals surface area contributed by atoms with Crippen LogP contribution in [0, 0.1) is 11.3 Å². The van der Waals surface area contributed by atoms with Crippen molar-refractivity contribution in [2.24, 2.45) is 0 Å². The fourth-order valence-corrected chi connectivity index (χ4v) is 1.25. The van der Waals surface area contributed by atoms with Crippen molar-refractivity contribution in [2.75, 3.05) is 6.61 Å². The van der Waals surface area contributed by atoms with Crippen LogP contribution in [0.1, 0.15) is 25.8 Å². The Hall–Kier alpha value is -1.73. The molecule has 0 heterocycles. The van der Waals surface area contributed by atoms with Gasteiger partial charge in [-0.15, -0.1) is 0 Å². The number of ether oxygens (including phenoxy) is 2. The van der Waals surface area contributed by atoms with E-state index in [1.165, 1.54) is 12.1 Å². The molecule has 0 radical (unpaired) electrons. The van der Waals surface area contributed by atoms with Crippen LogP contribution in [0.4, 0.5) is 0 Å². The second-order valence-electron chi connectivity index (χ2n) is 3.20. The van der Waals surface area contributed by atoms with Gasteiger partial charge in [-0.3, -0.25) is 0 Å². The van der Waals surface area contributed by atoms with Crippen LogP contribution in [0.2, 0.25) is 0 Å². The van der Waals surface area contributed by atoms with E-state index in [9.17, 15) is 5.11 Å². The molecule has 1 unspecified atom stereocenters. The Labute approximate surface area is 95.0 Å². The summed E-state index contributed by atoms with van der Waals surface area (Å²) in [6.45, 7) is 4.41. The monoisotopic (exact) mass is 221 g/mol. The Morgan fingerprint density at radius 2 is 2.19 bits per heavy atom. The number of phenolic OH excluding ortho intramolecular Hbond substituents is 1. The first-order valence-corrected chi connectivity index (χ1v) is 5.22. The average molecular weight is 221 g/mol. The molecular formula is C12H15NO3. The Balaban J connectivity index is 2.77. The summed E-state index contributed by atoms with van der Waals surface area (Å²) < 4.78 is 10.8. The minimum atomic E-state index is -0.318. The maximum atomic E-state index is 9.32. The molecule has 1 rings (SSSR count). The number of rotatable bonds is 5. The first-order chi connectivity index (χ1) is 7.71. The highest BCUT2D eigenvalue weighted by Gasteiger charge is 2.09. The van der Waals surface area contributed by atoms with Crippen LogP contribution in [0.15, 0.2) is 18.2 Å². The smallest absolute Gasteiger partial charge is 0.199 e. The van der Waals surface area contributed by atoms with E-state index in [1.54, 1.807) is 6.07 Å². The van der Waals surface area contributed by atoms with Crippen molar-refractivity contribution in [3.05, 3.63) is 23.8 Å². The maximum absolute atomic E-state index is 9.32. The predicted octanol–water partition coefficient (Wildman–Crippen LogP) is 2.42. The third kappa shape index (κ3) is 3.14. The van der Waals surface area contributed by atoms with Gasteiger partial charge in [-0.1, -0.05) is 6.92 Å². The SMILES string of the molecule is CCOC(CC)Oc1ccc(O)c(C#N)c1. The first-order valence-electron chi connectivity index (χ1n) is 5.22. The van der Waals surface area contributed by atoms with E-state index >= 15 is 0 Å². The number of nitrogens with zero attached hydrogens (tertiary/aromatic N) is 1. The Morgan fingerprint density at radius 3 is 2.75 bits per heavy atom. The highest BCUT2D eigenvalue weighted by molar-refractivity contribution is 5.46. The van der Waals surface area contributed by atoms with E-state index in [4.69, 9.17) is 14.7 Å². The van der Waals surface area contributed by atoms with Gasteiger partial charge in [-0.05, 0) is 19.1 Å². The number of benzene rings is 1. The predicted molar refractivity (Wildman–Crippen MR) is 59.2 cm³/mol. The maximum Gasteiger partial charge on any atom is 0.199 e. The standard InChI is InChI=1S/C12H15NO3/c1-3-12(15-4-2)16-10-5-6-11(14)9(7-10)8-13/h5-7,12,14H,3-4H2,1-2H3. The molecule has 0 saturated carbocycles. The zero-order valence-electron chi connectivity index (χ0n) is 9.43. The molecule has 0 saturated heterocycles. The van der Waals surface area contributed by atoms with Gasteiger partial charge >= 0.3 is 0 Å². The molecule has 0 aliphatic rings. The van der Waals surface area contributed by atoms with E-state index < -0.39 is 0 Å². The topological polar surface area (TPSA) is 62.5 Å². The summed E-state index contributed by atoms with van der Waals surface area (Å²) in [5.41, 5.74) is 0.198. The Bertz CT molecular complexity index is 384. The van der Waals surface area contributed by atoms with E-state index in [0.29, 0.717) is 12.4 Å². The second-order valence-corrected chi connectivity index (χ2v) is 3.20. The van der Waals surface area contributed by atoms with E-state index in [0.717, 1.165) is 6.42 Å². The summed E-state index contributed by atoms with van der Waals surface area (Å²) in [5, 5.41) is 18.1. The quantitative estimate of drug-likeness (QED) is 0.775. The number of hydrogen-bond acceptors (Lipinski definition) is 4. The molecule has 0 spiro atoms. The second kappa shape index (κ2) is 5.99. The zero-order chi connectivity index (χ0) is 12.0. The fraction of sp³-hybridized carbons (Fsp3) is 0.417. The van der Waals surface area contributed by atoms with E-state index in [1.807, 2.05) is 19.9 Å². The Kier molecular flexibility index (Phi) is 4.62. The van der Waals surface area contributed by atoms with Crippen molar-refractivity contribution in [1.29, 1.82) is 5.26 Å². The van der Waals surface area contributed by atoms with Crippen LogP contribution < -0.4 is 4.74 Å². The summed E-state index contributed by atoms with van der Waals surface area (Å²) in [7, 11) is 0. The van der Waals surface area contributed by atoms with Crippen LogP contribution in [0.3, 0.4) is 0 Å². The lowest BCUT2D eigenvalue weighted by Gasteiger charge is -2.17. The molecule has 86 valence electrons. The van der Waals surface area contributed by atoms with E-state index in [-0.39, 0.29) is 17.6 Å². The molecule has 1 N–H and O–H groups in total. The van der Waals surface area contributed by atoms with Crippen molar-refractivity contribution >= 4 is 0 Å². The van der Waals surface area contributed by atoms with Gasteiger partial charge < -0.3 is 14.6 Å². The van der Waals surface area contributed by atoms with Crippen molar-refractivity contribution in [2.45, 2.75) is 26.6 Å². The molecule has 0 aromatic heterocycles. The lowest BCUT2D eigenvalue weighted by atomic mass is 10.2. The summed E-state index contributed by atoms with van der Waals surface area (Å²) in [5.74, 6) is 0.481. The van der Waals surface area contributed by atoms with Crippen molar-refractivity contribution in [1.82, 2.24) is 0 Å². The van der Waals surface area contributed by atoms with Gasteiger partial charge in [0.05, 0.1) is 5.56 Å². The zero-order valence-corrected chi connectivity index (χ0v) is 9.43. The van der Waals surface area contributed by atoms with Crippen LogP contribution in [0.25, 0.3) is 0 Å². The van der Waals surface area contributed by atoms with E-state index in [2.05, 4.69) is 0 Å². The summed E-state index contributed by atoms with van der Waals surface area (Å²) in [6, 6.07) is 6.43. The van der Waals surface area contributed by atoms with Gasteiger partial charge in [0, 0.05) is 19.1 Å². The van der Waals surface area contributed by atoms with Gasteiger partial charge in [0.15, 0.2) is 6.29 Å². The Morgan fingerprint density at radius 1 is 1.44 bits per heavy atom. The van der Waals surface area contributed by atoms with Gasteiger partial charge in [-0.25, -0.2) is 0 Å². The minimum absolute atomic E-state index is 0.0423. The van der Waals surface area contributed by atoms with Crippen LogP contribution in [-0.4, -0.2) is 18.0 Å². The molecule has 0 bridgehead atoms. The number of aromatic hydroxyl groups is 1. The van der Waals surface area contributed by atoms with Crippen molar-refractivity contribution in [3.63, 3.8) is 0 Å². The molecule has 0 aliphatic carbocycles. The van der Waals surface area contributed by atoms with Crippen LogP contribution >= 0.6 is 0 Å². The average Bonchev–Trinajstić information content (AvgIpc) is 2.30. The molecule has 1 aromatic rings. The molecule has 1 atom stereocenters. The summed E-state index contributed by atoms with van der Waals surface area (Å²) in [6.07, 6.45) is 0.400. The third-order valence-electron chi connectivity index (χ3n) is 2.04. The van der Waals surface area contributed by atoms with Gasteiger partial charge in [0.2, 0.25) is 0 Å². The third-order valence-corrected chi connectivity index (χ3v) is 2.04. The van der Waals surface area contributed by atoms with Crippen LogP contribution in [-0.2, 0) is 4.74 Å². The summed E-state index contributed by atoms with van der Waals surface area (Å²) in [4.78, 5) is 0. The molecule has 16 heavy (non-hydrogen) atoms. The van der Waals surface area contributed by atoms with Crippen molar-refractivity contribution in [3.8, 4) is 17.6 Å². The van der Waals surface area contributed by atoms with Gasteiger partial charge in [0.25, 0.3) is 0 Å². The molecule has 1 aromatic carbocycles. The summed E-state index contributed by atoms with van der Waals surface area (Å²) >= 11 is 0. The fourth-order valence-electron chi connectivity index (χ4n) is 1.25. The van der Waals surface area contributed by atoms with Gasteiger partial charge in [0.1, 0.15) is 17.6 Å². The molecule has 4 heteroatoms. The minimum Gasteiger partial charge on any atom is -0.507 e. The molecular weight excluding hydrogens is 206 g/mol. The molecule has 4 nitrogen and oxygen atoms in total. The molecule has 0 aliphatic heterocycles. The molecule has 0 amide bonds. The lowest BCUT2D eigenvalue weighted by Crippen LogP contribution is -2.19. The van der Waals surface area contributed by atoms with Crippen molar-refractivity contribution < 1.29 is 14.6 Å². The van der Waals surface area contributed by atoms with Gasteiger partial charge in [-0.2, -0.15) is 5.26 Å². The number of hydrogen-bond donors (Lipinski definition) is 1. The number of nitriles is 1. The number of phenols is 1. The molecule has 0 fully saturated rings. The lowest BCUT2D eigenvalue weighted by molar-refractivity contribution is -0.0766. The highest BCUT2D eigenvalue weighted by Crippen LogP contribution is 2.23. The largest absolute Gasteiger partial charge is 0.507 e. The van der Waals surface area contributed by atoms with Crippen LogP contribution in [0.5, 0.6) is 11.5 Å². The first kappa shape index (κ1) is 12.3.